The average molecular weight is 463 g/mol. The van der Waals surface area contributed by atoms with Gasteiger partial charge in [-0.25, -0.2) is 4.39 Å². The van der Waals surface area contributed by atoms with Gasteiger partial charge in [-0.15, -0.1) is 0 Å². The smallest absolute Gasteiger partial charge is 0.244 e. The normalized spacial score (nSPS) is 17.8. The van der Waals surface area contributed by atoms with Crippen molar-refractivity contribution in [2.75, 3.05) is 40.5 Å². The summed E-state index contributed by atoms with van der Waals surface area (Å²) in [5.74, 6) is 0.500. The van der Waals surface area contributed by atoms with Crippen LogP contribution < -0.4 is 14.8 Å². The number of rotatable bonds is 8. The summed E-state index contributed by atoms with van der Waals surface area (Å²) >= 11 is 6.34. The number of amides is 1. The quantitative estimate of drug-likeness (QED) is 0.599. The molecular weight excluding hydrogens is 435 g/mol. The van der Waals surface area contributed by atoms with Gasteiger partial charge in [0.1, 0.15) is 5.82 Å². The first-order valence-corrected chi connectivity index (χ1v) is 10.8. The molecule has 1 aliphatic rings. The maximum atomic E-state index is 14.7. The molecule has 2 aromatic carbocycles. The Balaban J connectivity index is 1.73. The van der Waals surface area contributed by atoms with Gasteiger partial charge in [-0.05, 0) is 42.8 Å². The minimum Gasteiger partial charge on any atom is -0.493 e. The van der Waals surface area contributed by atoms with Crippen LogP contribution in [0.2, 0.25) is 5.02 Å². The number of halogens is 2. The lowest BCUT2D eigenvalue weighted by Gasteiger charge is -2.38. The number of nitrogens with zero attached hydrogens (tertiary/aromatic N) is 1. The van der Waals surface area contributed by atoms with E-state index in [0.29, 0.717) is 41.8 Å². The Hall–Kier alpha value is -2.61. The fourth-order valence-corrected chi connectivity index (χ4v) is 4.04. The molecule has 8 heteroatoms. The standard InChI is InChI=1S/C24H28ClFN2O4/c1-16-15-28(11-12-32-16)20(24-18(25)5-4-6-19(24)26)14-27-23(29)10-8-17-7-9-21(30-2)22(13-17)31-3/h4-10,13,16,20H,11-12,14-15H2,1-3H3,(H,27,29)/b10-8+. The van der Waals surface area contributed by atoms with Gasteiger partial charge in [-0.2, -0.15) is 0 Å². The van der Waals surface area contributed by atoms with Gasteiger partial charge in [0.05, 0.1) is 33.0 Å². The highest BCUT2D eigenvalue weighted by Gasteiger charge is 2.29. The van der Waals surface area contributed by atoms with Crippen molar-refractivity contribution in [3.63, 3.8) is 0 Å². The summed E-state index contributed by atoms with van der Waals surface area (Å²) in [5.41, 5.74) is 1.17. The highest BCUT2D eigenvalue weighted by molar-refractivity contribution is 6.31. The van der Waals surface area contributed by atoms with Crippen LogP contribution in [0.4, 0.5) is 4.39 Å². The van der Waals surface area contributed by atoms with E-state index in [9.17, 15) is 9.18 Å². The lowest BCUT2D eigenvalue weighted by atomic mass is 10.0. The molecule has 1 heterocycles. The molecule has 1 N–H and O–H groups in total. The fraction of sp³-hybridized carbons (Fsp3) is 0.375. The molecule has 0 aliphatic carbocycles. The lowest BCUT2D eigenvalue weighted by Crippen LogP contribution is -2.46. The maximum absolute atomic E-state index is 14.7. The van der Waals surface area contributed by atoms with Gasteiger partial charge in [-0.1, -0.05) is 23.7 Å². The summed E-state index contributed by atoms with van der Waals surface area (Å²) in [6, 6.07) is 9.58. The number of morpholine rings is 1. The summed E-state index contributed by atoms with van der Waals surface area (Å²) in [6.45, 7) is 3.96. The molecule has 3 rings (SSSR count). The Kier molecular flexibility index (Phi) is 8.50. The molecule has 1 amide bonds. The zero-order chi connectivity index (χ0) is 23.1. The van der Waals surface area contributed by atoms with E-state index < -0.39 is 11.9 Å². The van der Waals surface area contributed by atoms with Gasteiger partial charge in [0.25, 0.3) is 0 Å². The molecule has 0 spiro atoms. The van der Waals surface area contributed by atoms with Gasteiger partial charge in [0.2, 0.25) is 5.91 Å². The monoisotopic (exact) mass is 462 g/mol. The summed E-state index contributed by atoms with van der Waals surface area (Å²) < 4.78 is 30.8. The van der Waals surface area contributed by atoms with Crippen molar-refractivity contribution in [3.8, 4) is 11.5 Å². The Morgan fingerprint density at radius 2 is 2.09 bits per heavy atom. The average Bonchev–Trinajstić information content (AvgIpc) is 2.79. The van der Waals surface area contributed by atoms with Gasteiger partial charge < -0.3 is 19.5 Å². The van der Waals surface area contributed by atoms with Gasteiger partial charge in [0, 0.05) is 36.3 Å². The molecule has 1 fully saturated rings. The number of methoxy groups -OCH3 is 2. The van der Waals surface area contributed by atoms with Crippen LogP contribution in [0.5, 0.6) is 11.5 Å². The third kappa shape index (κ3) is 6.00. The molecule has 0 radical (unpaired) electrons. The van der Waals surface area contributed by atoms with Gasteiger partial charge >= 0.3 is 0 Å². The first-order valence-electron chi connectivity index (χ1n) is 10.4. The van der Waals surface area contributed by atoms with Crippen molar-refractivity contribution < 1.29 is 23.4 Å². The van der Waals surface area contributed by atoms with Gasteiger partial charge in [-0.3, -0.25) is 9.69 Å². The maximum Gasteiger partial charge on any atom is 0.244 e. The third-order valence-electron chi connectivity index (χ3n) is 5.35. The van der Waals surface area contributed by atoms with Crippen LogP contribution in [0.3, 0.4) is 0 Å². The van der Waals surface area contributed by atoms with E-state index in [1.165, 1.54) is 12.1 Å². The van der Waals surface area contributed by atoms with E-state index in [-0.39, 0.29) is 18.6 Å². The molecular formula is C24H28ClFN2O4. The highest BCUT2D eigenvalue weighted by atomic mass is 35.5. The van der Waals surface area contributed by atoms with Crippen LogP contribution in [-0.2, 0) is 9.53 Å². The summed E-state index contributed by atoms with van der Waals surface area (Å²) in [4.78, 5) is 14.6. The van der Waals surface area contributed by atoms with Crippen LogP contribution in [0, 0.1) is 5.82 Å². The summed E-state index contributed by atoms with van der Waals surface area (Å²) in [5, 5.41) is 3.22. The van der Waals surface area contributed by atoms with Crippen molar-refractivity contribution in [2.45, 2.75) is 19.1 Å². The first-order chi connectivity index (χ1) is 15.4. The molecule has 2 unspecified atom stereocenters. The zero-order valence-corrected chi connectivity index (χ0v) is 19.2. The highest BCUT2D eigenvalue weighted by Crippen LogP contribution is 2.31. The molecule has 172 valence electrons. The molecule has 0 bridgehead atoms. The van der Waals surface area contributed by atoms with E-state index in [1.54, 1.807) is 44.6 Å². The van der Waals surface area contributed by atoms with Crippen LogP contribution in [0.15, 0.2) is 42.5 Å². The van der Waals surface area contributed by atoms with E-state index >= 15 is 0 Å². The van der Waals surface area contributed by atoms with Crippen LogP contribution >= 0.6 is 11.6 Å². The predicted molar refractivity (Wildman–Crippen MR) is 123 cm³/mol. The second kappa shape index (κ2) is 11.3. The number of benzene rings is 2. The van der Waals surface area contributed by atoms with E-state index in [2.05, 4.69) is 10.2 Å². The number of hydrogen-bond donors (Lipinski definition) is 1. The topological polar surface area (TPSA) is 60.0 Å². The molecule has 2 aromatic rings. The minimum atomic E-state index is -0.409. The Morgan fingerprint density at radius 1 is 1.31 bits per heavy atom. The Labute approximate surface area is 192 Å². The number of nitrogens with one attached hydrogen (secondary N) is 1. The van der Waals surface area contributed by atoms with Crippen LogP contribution in [0.25, 0.3) is 6.08 Å². The molecule has 6 nitrogen and oxygen atoms in total. The molecule has 0 saturated carbocycles. The summed E-state index contributed by atoms with van der Waals surface area (Å²) in [7, 11) is 3.12. The predicted octanol–water partition coefficient (Wildman–Crippen LogP) is 4.09. The van der Waals surface area contributed by atoms with Crippen molar-refractivity contribution in [1.82, 2.24) is 10.2 Å². The molecule has 32 heavy (non-hydrogen) atoms. The Bertz CT molecular complexity index is 949. The molecule has 0 aromatic heterocycles. The van der Waals surface area contributed by atoms with Crippen molar-refractivity contribution >= 4 is 23.6 Å². The fourth-order valence-electron chi connectivity index (χ4n) is 3.76. The van der Waals surface area contributed by atoms with E-state index in [4.69, 9.17) is 25.8 Å². The molecule has 1 aliphatic heterocycles. The van der Waals surface area contributed by atoms with E-state index in [1.807, 2.05) is 13.0 Å². The largest absolute Gasteiger partial charge is 0.493 e. The second-order valence-electron chi connectivity index (χ2n) is 7.52. The van der Waals surface area contributed by atoms with Crippen LogP contribution in [-0.4, -0.2) is 57.4 Å². The Morgan fingerprint density at radius 3 is 2.78 bits per heavy atom. The van der Waals surface area contributed by atoms with Crippen molar-refractivity contribution in [3.05, 3.63) is 64.4 Å². The number of carbonyl (C=O) groups is 1. The second-order valence-corrected chi connectivity index (χ2v) is 7.93. The van der Waals surface area contributed by atoms with Crippen molar-refractivity contribution in [1.29, 1.82) is 0 Å². The first kappa shape index (κ1) is 24.0. The molecule has 1 saturated heterocycles. The molecule has 2 atom stereocenters. The van der Waals surface area contributed by atoms with Crippen LogP contribution in [0.1, 0.15) is 24.1 Å². The number of hydrogen-bond acceptors (Lipinski definition) is 5. The van der Waals surface area contributed by atoms with Gasteiger partial charge in [0.15, 0.2) is 11.5 Å². The van der Waals surface area contributed by atoms with Crippen molar-refractivity contribution in [2.24, 2.45) is 0 Å². The summed E-state index contributed by atoms with van der Waals surface area (Å²) in [6.07, 6.45) is 3.13. The number of ether oxygens (including phenoxy) is 3. The number of carbonyl (C=O) groups excluding carboxylic acids is 1. The minimum absolute atomic E-state index is 0.0115. The van der Waals surface area contributed by atoms with E-state index in [0.717, 1.165) is 5.56 Å². The third-order valence-corrected chi connectivity index (χ3v) is 5.68. The lowest BCUT2D eigenvalue weighted by molar-refractivity contribution is -0.116. The SMILES string of the molecule is COc1ccc(/C=C/C(=O)NCC(c2c(F)cccc2Cl)N2CCOC(C)C2)cc1OC. The zero-order valence-electron chi connectivity index (χ0n) is 18.4.